The lowest BCUT2D eigenvalue weighted by Crippen LogP contribution is -2.38. The minimum atomic E-state index is -0.254. The molecule has 2 aromatic rings. The third-order valence-electron chi connectivity index (χ3n) is 5.15. The van der Waals surface area contributed by atoms with E-state index in [-0.39, 0.29) is 30.4 Å². The highest BCUT2D eigenvalue weighted by Gasteiger charge is 2.32. The van der Waals surface area contributed by atoms with Gasteiger partial charge in [0.15, 0.2) is 0 Å². The van der Waals surface area contributed by atoms with Crippen LogP contribution < -0.4 is 14.8 Å². The largest absolute Gasteiger partial charge is 0.497 e. The number of amides is 2. The van der Waals surface area contributed by atoms with Crippen LogP contribution in [0.1, 0.15) is 42.6 Å². The van der Waals surface area contributed by atoms with Crippen molar-refractivity contribution in [2.45, 2.75) is 32.8 Å². The Kier molecular flexibility index (Phi) is 5.87. The molecule has 148 valence electrons. The number of nitrogens with one attached hydrogen (secondary N) is 1. The van der Waals surface area contributed by atoms with Gasteiger partial charge in [-0.1, -0.05) is 19.1 Å². The molecule has 28 heavy (non-hydrogen) atoms. The zero-order valence-corrected chi connectivity index (χ0v) is 16.7. The quantitative estimate of drug-likeness (QED) is 0.828. The van der Waals surface area contributed by atoms with Crippen molar-refractivity contribution < 1.29 is 19.1 Å². The topological polar surface area (TPSA) is 67.9 Å². The molecule has 2 aromatic carbocycles. The van der Waals surface area contributed by atoms with Crippen LogP contribution in [-0.2, 0) is 4.79 Å². The lowest BCUT2D eigenvalue weighted by molar-refractivity contribution is -0.116. The van der Waals surface area contributed by atoms with E-state index in [4.69, 9.17) is 9.47 Å². The normalized spacial score (nSPS) is 17.4. The zero-order valence-electron chi connectivity index (χ0n) is 16.7. The van der Waals surface area contributed by atoms with E-state index < -0.39 is 0 Å². The molecule has 0 saturated heterocycles. The number of anilines is 1. The summed E-state index contributed by atoms with van der Waals surface area (Å²) < 4.78 is 11.0. The van der Waals surface area contributed by atoms with Gasteiger partial charge < -0.3 is 19.7 Å². The fourth-order valence-electron chi connectivity index (χ4n) is 3.30. The second-order valence-electron chi connectivity index (χ2n) is 6.93. The van der Waals surface area contributed by atoms with Gasteiger partial charge >= 0.3 is 0 Å². The van der Waals surface area contributed by atoms with Crippen LogP contribution >= 0.6 is 0 Å². The van der Waals surface area contributed by atoms with Crippen molar-refractivity contribution in [2.75, 3.05) is 25.5 Å². The van der Waals surface area contributed by atoms with Crippen LogP contribution in [0.3, 0.4) is 0 Å². The van der Waals surface area contributed by atoms with Crippen LogP contribution in [0.15, 0.2) is 42.5 Å². The Hall–Kier alpha value is -3.02. The van der Waals surface area contributed by atoms with E-state index in [2.05, 4.69) is 12.2 Å². The Balaban J connectivity index is 1.71. The van der Waals surface area contributed by atoms with E-state index in [1.165, 1.54) is 4.90 Å². The van der Waals surface area contributed by atoms with Crippen molar-refractivity contribution in [2.24, 2.45) is 0 Å². The molecule has 0 saturated carbocycles. The van der Waals surface area contributed by atoms with Gasteiger partial charge in [0.05, 0.1) is 12.7 Å². The Morgan fingerprint density at radius 2 is 1.86 bits per heavy atom. The van der Waals surface area contributed by atoms with Crippen LogP contribution in [0.5, 0.6) is 11.5 Å². The summed E-state index contributed by atoms with van der Waals surface area (Å²) in [6.45, 7) is 6.33. The number of carbonyl (C=O) groups is 2. The first-order valence-electron chi connectivity index (χ1n) is 9.47. The van der Waals surface area contributed by atoms with Crippen molar-refractivity contribution in [1.82, 2.24) is 4.90 Å². The van der Waals surface area contributed by atoms with Crippen LogP contribution in [0.25, 0.3) is 0 Å². The number of hydrogen-bond acceptors (Lipinski definition) is 4. The Labute approximate surface area is 165 Å². The second kappa shape index (κ2) is 8.33. The number of nitrogens with zero attached hydrogens (tertiary/aromatic N) is 1. The molecule has 6 heteroatoms. The monoisotopic (exact) mass is 382 g/mol. The molecule has 0 aliphatic carbocycles. The fourth-order valence-corrected chi connectivity index (χ4v) is 3.30. The highest BCUT2D eigenvalue weighted by Crippen LogP contribution is 2.40. The summed E-state index contributed by atoms with van der Waals surface area (Å²) in [4.78, 5) is 27.0. The molecular weight excluding hydrogens is 356 g/mol. The minimum absolute atomic E-state index is 0.0254. The summed E-state index contributed by atoms with van der Waals surface area (Å²) >= 11 is 0. The number of benzene rings is 2. The zero-order chi connectivity index (χ0) is 20.3. The first-order chi connectivity index (χ1) is 13.4. The molecule has 1 heterocycles. The minimum Gasteiger partial charge on any atom is -0.497 e. The molecule has 1 aliphatic heterocycles. The number of rotatable bonds is 6. The molecular formula is C22H26N2O4. The molecule has 1 aliphatic rings. The van der Waals surface area contributed by atoms with Gasteiger partial charge in [-0.2, -0.15) is 0 Å². The summed E-state index contributed by atoms with van der Waals surface area (Å²) in [7, 11) is 1.59. The number of hydrogen-bond donors (Lipinski definition) is 1. The Morgan fingerprint density at radius 3 is 2.50 bits per heavy atom. The fraction of sp³-hybridized carbons (Fsp3) is 0.364. The smallest absolute Gasteiger partial charge is 0.258 e. The van der Waals surface area contributed by atoms with Gasteiger partial charge in [0.1, 0.15) is 24.1 Å². The summed E-state index contributed by atoms with van der Waals surface area (Å²) in [6, 6.07) is 12.7. The predicted octanol–water partition coefficient (Wildman–Crippen LogP) is 3.68. The molecule has 2 amide bonds. The molecule has 3 rings (SSSR count). The molecule has 2 unspecified atom stereocenters. The highest BCUT2D eigenvalue weighted by molar-refractivity contribution is 6.01. The maximum atomic E-state index is 13.1. The van der Waals surface area contributed by atoms with Crippen LogP contribution in [0.4, 0.5) is 5.69 Å². The summed E-state index contributed by atoms with van der Waals surface area (Å²) in [6.07, 6.45) is 0.0254. The highest BCUT2D eigenvalue weighted by atomic mass is 16.5. The van der Waals surface area contributed by atoms with E-state index in [0.717, 1.165) is 5.56 Å². The Morgan fingerprint density at radius 1 is 1.14 bits per heavy atom. The number of fused-ring (bicyclic) bond motifs is 1. The molecule has 6 nitrogen and oxygen atoms in total. The predicted molar refractivity (Wildman–Crippen MR) is 108 cm³/mol. The number of carbonyl (C=O) groups excluding carboxylic acids is 2. The van der Waals surface area contributed by atoms with E-state index in [0.29, 0.717) is 29.3 Å². The van der Waals surface area contributed by atoms with E-state index >= 15 is 0 Å². The van der Waals surface area contributed by atoms with Crippen molar-refractivity contribution in [1.29, 1.82) is 0 Å². The van der Waals surface area contributed by atoms with Gasteiger partial charge in [-0.05, 0) is 44.2 Å². The van der Waals surface area contributed by atoms with Gasteiger partial charge in [0, 0.05) is 23.7 Å². The number of para-hydroxylation sites is 1. The van der Waals surface area contributed by atoms with Crippen molar-refractivity contribution in [3.05, 3.63) is 53.6 Å². The van der Waals surface area contributed by atoms with E-state index in [1.807, 2.05) is 26.0 Å². The Bertz CT molecular complexity index is 863. The number of methoxy groups -OCH3 is 1. The standard InChI is InChI=1S/C22H26N2O4/c1-5-24(13-20(25)23-16-9-11-17(27-4)12-10-16)22(26)19-8-6-7-18-14(2)15(3)28-21(18)19/h6-12,14-15H,5,13H2,1-4H3,(H,23,25). The molecule has 0 spiro atoms. The number of ether oxygens (including phenoxy) is 2. The molecule has 0 aromatic heterocycles. The van der Waals surface area contributed by atoms with Gasteiger partial charge in [-0.25, -0.2) is 0 Å². The van der Waals surface area contributed by atoms with E-state index in [1.54, 1.807) is 37.4 Å². The van der Waals surface area contributed by atoms with Crippen LogP contribution in [0.2, 0.25) is 0 Å². The van der Waals surface area contributed by atoms with Gasteiger partial charge in [-0.15, -0.1) is 0 Å². The molecule has 1 N–H and O–H groups in total. The van der Waals surface area contributed by atoms with Crippen LogP contribution in [0, 0.1) is 0 Å². The van der Waals surface area contributed by atoms with Gasteiger partial charge in [0.2, 0.25) is 5.91 Å². The van der Waals surface area contributed by atoms with Crippen molar-refractivity contribution in [3.8, 4) is 11.5 Å². The summed E-state index contributed by atoms with van der Waals surface area (Å²) in [5.74, 6) is 1.13. The molecule has 0 fully saturated rings. The average Bonchev–Trinajstić information content (AvgIpc) is 3.00. The maximum absolute atomic E-state index is 13.1. The first-order valence-corrected chi connectivity index (χ1v) is 9.47. The SMILES string of the molecule is CCN(CC(=O)Nc1ccc(OC)cc1)C(=O)c1cccc2c1OC(C)C2C. The van der Waals surface area contributed by atoms with Crippen molar-refractivity contribution in [3.63, 3.8) is 0 Å². The average molecular weight is 382 g/mol. The molecule has 0 bridgehead atoms. The third-order valence-corrected chi connectivity index (χ3v) is 5.15. The summed E-state index contributed by atoms with van der Waals surface area (Å²) in [5.41, 5.74) is 2.20. The van der Waals surface area contributed by atoms with Crippen molar-refractivity contribution >= 4 is 17.5 Å². The maximum Gasteiger partial charge on any atom is 0.258 e. The molecule has 0 radical (unpaired) electrons. The van der Waals surface area contributed by atoms with Gasteiger partial charge in [-0.3, -0.25) is 9.59 Å². The lowest BCUT2D eigenvalue weighted by atomic mass is 9.96. The van der Waals surface area contributed by atoms with E-state index in [9.17, 15) is 9.59 Å². The third kappa shape index (κ3) is 3.96. The second-order valence-corrected chi connectivity index (χ2v) is 6.93. The summed E-state index contributed by atoms with van der Waals surface area (Å²) in [5, 5.41) is 2.81. The number of likely N-dealkylation sites (N-methyl/N-ethyl adjacent to an activating group) is 1. The van der Waals surface area contributed by atoms with Gasteiger partial charge in [0.25, 0.3) is 5.91 Å². The van der Waals surface area contributed by atoms with Crippen LogP contribution in [-0.4, -0.2) is 43.0 Å². The lowest BCUT2D eigenvalue weighted by Gasteiger charge is -2.21. The molecule has 2 atom stereocenters. The first kappa shape index (κ1) is 19.7.